The Kier molecular flexibility index (Phi) is 5.51. The Bertz CT molecular complexity index is 1370. The number of carbonyl (C=O) groups is 1. The molecule has 0 saturated carbocycles. The highest BCUT2D eigenvalue weighted by Crippen LogP contribution is 2.44. The van der Waals surface area contributed by atoms with Crippen molar-refractivity contribution in [1.29, 1.82) is 0 Å². The maximum atomic E-state index is 12.5. The summed E-state index contributed by atoms with van der Waals surface area (Å²) in [6, 6.07) is 26.3. The van der Waals surface area contributed by atoms with Crippen LogP contribution in [-0.4, -0.2) is 35.6 Å². The molecule has 0 aromatic heterocycles. The first-order chi connectivity index (χ1) is 17.1. The molecule has 5 heteroatoms. The maximum Gasteiger partial charge on any atom is 0.407 e. The van der Waals surface area contributed by atoms with Gasteiger partial charge in [-0.3, -0.25) is 0 Å². The van der Waals surface area contributed by atoms with Crippen molar-refractivity contribution >= 4 is 16.9 Å². The van der Waals surface area contributed by atoms with Gasteiger partial charge in [0.05, 0.1) is 0 Å². The van der Waals surface area contributed by atoms with Crippen LogP contribution in [0.4, 0.5) is 4.79 Å². The van der Waals surface area contributed by atoms with Gasteiger partial charge in [0.25, 0.3) is 0 Å². The number of hydrogen-bond acceptors (Lipinski definition) is 4. The molecule has 4 aromatic rings. The van der Waals surface area contributed by atoms with E-state index in [1.807, 2.05) is 48.5 Å². The Morgan fingerprint density at radius 2 is 1.51 bits per heavy atom. The average Bonchev–Trinajstić information content (AvgIpc) is 3.46. The molecule has 0 radical (unpaired) electrons. The second kappa shape index (κ2) is 8.84. The molecule has 0 fully saturated rings. The molecular weight excluding hydrogens is 438 g/mol. The first kappa shape index (κ1) is 21.8. The van der Waals surface area contributed by atoms with Crippen molar-refractivity contribution in [2.24, 2.45) is 0 Å². The molecule has 0 aliphatic heterocycles. The number of nitrogens with one attached hydrogen (secondary N) is 1. The summed E-state index contributed by atoms with van der Waals surface area (Å²) in [7, 11) is 0. The molecule has 0 saturated heterocycles. The summed E-state index contributed by atoms with van der Waals surface area (Å²) in [5.74, 6) is -0.0304. The highest BCUT2D eigenvalue weighted by molar-refractivity contribution is 5.93. The van der Waals surface area contributed by atoms with Crippen molar-refractivity contribution in [1.82, 2.24) is 5.32 Å². The third kappa shape index (κ3) is 3.77. The number of alkyl carbamates (subject to hydrolysis) is 1. The van der Waals surface area contributed by atoms with Crippen molar-refractivity contribution in [2.45, 2.75) is 31.0 Å². The summed E-state index contributed by atoms with van der Waals surface area (Å²) in [5.41, 5.74) is 7.85. The molecule has 2 atom stereocenters. The minimum atomic E-state index is -1.16. The number of aryl methyl sites for hydroxylation is 2. The smallest absolute Gasteiger partial charge is 0.407 e. The van der Waals surface area contributed by atoms with Crippen LogP contribution in [0.3, 0.4) is 0 Å². The van der Waals surface area contributed by atoms with Gasteiger partial charge in [0.2, 0.25) is 0 Å². The SMILES string of the molecule is O=C(NCC(O)C(O)c1ccc2c3c(cccc13)CC2)OCC1c2ccccc2-c2ccccc21. The lowest BCUT2D eigenvalue weighted by Gasteiger charge is -2.21. The first-order valence-electron chi connectivity index (χ1n) is 12.1. The monoisotopic (exact) mass is 465 g/mol. The lowest BCUT2D eigenvalue weighted by Crippen LogP contribution is -2.36. The van der Waals surface area contributed by atoms with Crippen LogP contribution in [0.1, 0.15) is 39.8 Å². The maximum absolute atomic E-state index is 12.5. The highest BCUT2D eigenvalue weighted by Gasteiger charge is 2.29. The van der Waals surface area contributed by atoms with Crippen LogP contribution in [0.15, 0.2) is 78.9 Å². The molecule has 3 N–H and O–H groups in total. The Balaban J connectivity index is 1.10. The molecule has 0 bridgehead atoms. The van der Waals surface area contributed by atoms with E-state index >= 15 is 0 Å². The second-order valence-electron chi connectivity index (χ2n) is 9.37. The Hall–Kier alpha value is -3.67. The molecule has 0 spiro atoms. The molecule has 2 aliphatic rings. The number of aliphatic hydroxyl groups excluding tert-OH is 2. The van der Waals surface area contributed by atoms with Gasteiger partial charge in [0.1, 0.15) is 18.8 Å². The first-order valence-corrected chi connectivity index (χ1v) is 12.1. The van der Waals surface area contributed by atoms with Gasteiger partial charge in [0.15, 0.2) is 0 Å². The molecule has 4 aromatic carbocycles. The summed E-state index contributed by atoms with van der Waals surface area (Å²) in [6.07, 6.45) is -0.891. The zero-order valence-electron chi connectivity index (χ0n) is 19.3. The fraction of sp³-hybridized carbons (Fsp3) is 0.233. The Labute approximate surface area is 204 Å². The van der Waals surface area contributed by atoms with Crippen molar-refractivity contribution < 1.29 is 19.7 Å². The lowest BCUT2D eigenvalue weighted by molar-refractivity contribution is 0.0194. The number of hydrogen-bond donors (Lipinski definition) is 3. The van der Waals surface area contributed by atoms with E-state index < -0.39 is 18.3 Å². The molecule has 2 unspecified atom stereocenters. The fourth-order valence-electron chi connectivity index (χ4n) is 5.68. The van der Waals surface area contributed by atoms with Crippen LogP contribution in [0.25, 0.3) is 21.9 Å². The van der Waals surface area contributed by atoms with E-state index in [2.05, 4.69) is 35.6 Å². The van der Waals surface area contributed by atoms with Crippen LogP contribution < -0.4 is 5.32 Å². The summed E-state index contributed by atoms with van der Waals surface area (Å²) in [6.45, 7) is 0.0914. The van der Waals surface area contributed by atoms with Gasteiger partial charge in [0, 0.05) is 12.5 Å². The molecule has 5 nitrogen and oxygen atoms in total. The van der Waals surface area contributed by atoms with Gasteiger partial charge in [-0.2, -0.15) is 0 Å². The molecule has 6 rings (SSSR count). The quantitative estimate of drug-likeness (QED) is 0.380. The molecule has 2 aliphatic carbocycles. The number of fused-ring (bicyclic) bond motifs is 3. The topological polar surface area (TPSA) is 78.8 Å². The van der Waals surface area contributed by atoms with E-state index in [0.717, 1.165) is 29.4 Å². The Morgan fingerprint density at radius 1 is 0.857 bits per heavy atom. The van der Waals surface area contributed by atoms with Crippen LogP contribution >= 0.6 is 0 Å². The standard InChI is InChI=1S/C30H27NO4/c32-27(29(33)25-15-14-19-13-12-18-6-5-11-24(25)28(18)19)16-31-30(34)35-17-26-22-9-3-1-7-20(22)21-8-2-4-10-23(21)26/h1-11,14-15,26-27,29,32-33H,12-13,16-17H2,(H,31,34). The van der Waals surface area contributed by atoms with Gasteiger partial charge < -0.3 is 20.3 Å². The molecular formula is C30H27NO4. The van der Waals surface area contributed by atoms with Gasteiger partial charge in [-0.1, -0.05) is 78.9 Å². The minimum absolute atomic E-state index is 0.0304. The van der Waals surface area contributed by atoms with Crippen molar-refractivity contribution in [3.05, 3.63) is 107 Å². The average molecular weight is 466 g/mol. The van der Waals surface area contributed by atoms with E-state index in [4.69, 9.17) is 4.74 Å². The highest BCUT2D eigenvalue weighted by atomic mass is 16.5. The number of benzene rings is 4. The number of aliphatic hydroxyl groups is 2. The van der Waals surface area contributed by atoms with Crippen molar-refractivity contribution in [3.63, 3.8) is 0 Å². The summed E-state index contributed by atoms with van der Waals surface area (Å²) in [4.78, 5) is 12.5. The molecule has 35 heavy (non-hydrogen) atoms. The molecule has 176 valence electrons. The van der Waals surface area contributed by atoms with Crippen LogP contribution in [-0.2, 0) is 17.6 Å². The third-order valence-electron chi connectivity index (χ3n) is 7.39. The van der Waals surface area contributed by atoms with Crippen LogP contribution in [0.2, 0.25) is 0 Å². The van der Waals surface area contributed by atoms with Crippen molar-refractivity contribution in [3.8, 4) is 11.1 Å². The second-order valence-corrected chi connectivity index (χ2v) is 9.37. The van der Waals surface area contributed by atoms with Crippen molar-refractivity contribution in [2.75, 3.05) is 13.2 Å². The number of ether oxygens (including phenoxy) is 1. The van der Waals surface area contributed by atoms with E-state index in [0.29, 0.717) is 5.56 Å². The zero-order valence-corrected chi connectivity index (χ0v) is 19.3. The summed E-state index contributed by atoms with van der Waals surface area (Å²) in [5, 5.41) is 26.3. The number of carbonyl (C=O) groups excluding carboxylic acids is 1. The Morgan fingerprint density at radius 3 is 2.23 bits per heavy atom. The van der Waals surface area contributed by atoms with Gasteiger partial charge in [-0.25, -0.2) is 4.79 Å². The van der Waals surface area contributed by atoms with E-state index in [9.17, 15) is 15.0 Å². The number of rotatable bonds is 6. The molecule has 0 heterocycles. The van der Waals surface area contributed by atoms with Crippen LogP contribution in [0, 0.1) is 0 Å². The third-order valence-corrected chi connectivity index (χ3v) is 7.39. The fourth-order valence-corrected chi connectivity index (χ4v) is 5.68. The van der Waals surface area contributed by atoms with Crippen LogP contribution in [0.5, 0.6) is 0 Å². The lowest BCUT2D eigenvalue weighted by atomic mass is 9.94. The normalized spacial score (nSPS) is 15.5. The number of amides is 1. The zero-order chi connectivity index (χ0) is 23.9. The van der Waals surface area contributed by atoms with E-state index in [1.54, 1.807) is 0 Å². The van der Waals surface area contributed by atoms with E-state index in [1.165, 1.54) is 27.6 Å². The predicted molar refractivity (Wildman–Crippen MR) is 135 cm³/mol. The predicted octanol–water partition coefficient (Wildman–Crippen LogP) is 4.87. The minimum Gasteiger partial charge on any atom is -0.449 e. The van der Waals surface area contributed by atoms with Gasteiger partial charge >= 0.3 is 6.09 Å². The van der Waals surface area contributed by atoms with E-state index in [-0.39, 0.29) is 19.1 Å². The largest absolute Gasteiger partial charge is 0.449 e. The van der Waals surface area contributed by atoms with Gasteiger partial charge in [-0.15, -0.1) is 0 Å². The van der Waals surface area contributed by atoms with Gasteiger partial charge in [-0.05, 0) is 62.6 Å². The summed E-state index contributed by atoms with van der Waals surface area (Å²) >= 11 is 0. The summed E-state index contributed by atoms with van der Waals surface area (Å²) < 4.78 is 5.54. The molecule has 1 amide bonds.